The van der Waals surface area contributed by atoms with Crippen molar-refractivity contribution in [2.24, 2.45) is 0 Å². The van der Waals surface area contributed by atoms with Gasteiger partial charge in [0.05, 0.1) is 18.7 Å². The molecule has 2 aromatic heterocycles. The van der Waals surface area contributed by atoms with Crippen LogP contribution < -0.4 is 10.9 Å². The van der Waals surface area contributed by atoms with Gasteiger partial charge in [-0.1, -0.05) is 24.3 Å². The van der Waals surface area contributed by atoms with Crippen molar-refractivity contribution >= 4 is 5.91 Å². The Morgan fingerprint density at radius 2 is 1.85 bits per heavy atom. The molecule has 2 heterocycles. The first-order chi connectivity index (χ1) is 12.9. The molecule has 140 valence electrons. The minimum Gasteiger partial charge on any atom is -0.354 e. The molecule has 0 spiro atoms. The lowest BCUT2D eigenvalue weighted by Crippen LogP contribution is -2.33. The number of amides is 1. The Bertz CT molecular complexity index is 1020. The van der Waals surface area contributed by atoms with Crippen molar-refractivity contribution in [1.29, 1.82) is 0 Å². The first kappa shape index (κ1) is 18.6. The summed E-state index contributed by atoms with van der Waals surface area (Å²) in [6, 6.07) is 12.9. The van der Waals surface area contributed by atoms with E-state index in [1.807, 2.05) is 51.1 Å². The lowest BCUT2D eigenvalue weighted by atomic mass is 10.1. The van der Waals surface area contributed by atoms with Crippen LogP contribution in [0.2, 0.25) is 0 Å². The number of aromatic nitrogens is 4. The number of nitrogens with zero attached hydrogens (tertiary/aromatic N) is 4. The van der Waals surface area contributed by atoms with Crippen LogP contribution in [0.15, 0.2) is 47.3 Å². The highest BCUT2D eigenvalue weighted by atomic mass is 16.1. The van der Waals surface area contributed by atoms with E-state index in [-0.39, 0.29) is 11.5 Å². The van der Waals surface area contributed by atoms with Crippen LogP contribution in [0.3, 0.4) is 0 Å². The lowest BCUT2D eigenvalue weighted by Gasteiger charge is -2.10. The maximum absolute atomic E-state index is 12.1. The monoisotopic (exact) mass is 365 g/mol. The molecule has 0 atom stereocenters. The second-order valence-electron chi connectivity index (χ2n) is 6.55. The minimum absolute atomic E-state index is 0.0768. The summed E-state index contributed by atoms with van der Waals surface area (Å²) < 4.78 is 3.04. The third-order valence-corrected chi connectivity index (χ3v) is 4.34. The van der Waals surface area contributed by atoms with Gasteiger partial charge in [0.25, 0.3) is 5.56 Å². The van der Waals surface area contributed by atoms with Gasteiger partial charge in [-0.15, -0.1) is 5.10 Å². The Kier molecular flexibility index (Phi) is 5.49. The van der Waals surface area contributed by atoms with E-state index < -0.39 is 0 Å². The first-order valence-corrected chi connectivity index (χ1v) is 8.87. The van der Waals surface area contributed by atoms with Crippen LogP contribution in [-0.4, -0.2) is 32.0 Å². The second-order valence-corrected chi connectivity index (χ2v) is 6.55. The molecular formula is C20H23N5O2. The summed E-state index contributed by atoms with van der Waals surface area (Å²) in [5.74, 6) is 0.499. The average molecular weight is 365 g/mol. The highest BCUT2D eigenvalue weighted by molar-refractivity contribution is 5.78. The minimum atomic E-state index is -0.214. The maximum atomic E-state index is 12.1. The van der Waals surface area contributed by atoms with Gasteiger partial charge in [-0.25, -0.2) is 9.36 Å². The van der Waals surface area contributed by atoms with Crippen LogP contribution in [0.1, 0.15) is 22.5 Å². The fraction of sp³-hybridized carbons (Fsp3) is 0.300. The van der Waals surface area contributed by atoms with Crippen LogP contribution in [0.4, 0.5) is 0 Å². The van der Waals surface area contributed by atoms with Crippen molar-refractivity contribution in [3.05, 3.63) is 75.3 Å². The van der Waals surface area contributed by atoms with Crippen LogP contribution in [-0.2, 0) is 17.8 Å². The molecule has 1 aromatic carbocycles. The van der Waals surface area contributed by atoms with Crippen LogP contribution in [0.5, 0.6) is 0 Å². The fourth-order valence-corrected chi connectivity index (χ4v) is 2.92. The standard InChI is InChI=1S/C20H23N5O2/c1-14-6-4-5-7-17(14)13-19(26)21-10-11-24-20(27)9-8-18(23-24)25-16(3)12-15(2)22-25/h4-9,12H,10-11,13H2,1-3H3,(H,21,26). The Morgan fingerprint density at radius 1 is 1.07 bits per heavy atom. The molecule has 0 fully saturated rings. The third-order valence-electron chi connectivity index (χ3n) is 4.34. The molecule has 0 aliphatic rings. The number of carbonyl (C=O) groups excluding carboxylic acids is 1. The van der Waals surface area contributed by atoms with Crippen LogP contribution in [0.25, 0.3) is 5.82 Å². The fourth-order valence-electron chi connectivity index (χ4n) is 2.92. The summed E-state index contributed by atoms with van der Waals surface area (Å²) >= 11 is 0. The second kappa shape index (κ2) is 7.99. The van der Waals surface area contributed by atoms with Gasteiger partial charge in [0, 0.05) is 18.3 Å². The molecule has 27 heavy (non-hydrogen) atoms. The SMILES string of the molecule is Cc1cc(C)n(-c2ccc(=O)n(CCNC(=O)Cc3ccccc3C)n2)n1. The van der Waals surface area contributed by atoms with E-state index in [0.29, 0.717) is 25.3 Å². The zero-order valence-corrected chi connectivity index (χ0v) is 15.8. The Morgan fingerprint density at radius 3 is 2.56 bits per heavy atom. The van der Waals surface area contributed by atoms with Crippen molar-refractivity contribution in [2.45, 2.75) is 33.7 Å². The van der Waals surface area contributed by atoms with E-state index >= 15 is 0 Å². The maximum Gasteiger partial charge on any atom is 0.266 e. The normalized spacial score (nSPS) is 10.8. The predicted molar refractivity (Wildman–Crippen MR) is 103 cm³/mol. The molecule has 3 rings (SSSR count). The van der Waals surface area contributed by atoms with Gasteiger partial charge in [-0.05, 0) is 44.0 Å². The molecule has 7 heteroatoms. The zero-order chi connectivity index (χ0) is 19.4. The van der Waals surface area contributed by atoms with E-state index in [1.165, 1.54) is 10.7 Å². The van der Waals surface area contributed by atoms with Gasteiger partial charge in [0.2, 0.25) is 5.91 Å². The van der Waals surface area contributed by atoms with Crippen molar-refractivity contribution in [1.82, 2.24) is 24.9 Å². The molecule has 1 amide bonds. The molecule has 0 bridgehead atoms. The van der Waals surface area contributed by atoms with Gasteiger partial charge in [0.1, 0.15) is 0 Å². The third kappa shape index (κ3) is 4.49. The summed E-state index contributed by atoms with van der Waals surface area (Å²) in [5, 5.41) is 11.6. The number of aryl methyl sites for hydroxylation is 3. The number of rotatable bonds is 6. The Hall–Kier alpha value is -3.22. The molecular weight excluding hydrogens is 342 g/mol. The smallest absolute Gasteiger partial charge is 0.266 e. The Labute approximate surface area is 157 Å². The highest BCUT2D eigenvalue weighted by Crippen LogP contribution is 2.08. The van der Waals surface area contributed by atoms with Crippen molar-refractivity contribution in [3.8, 4) is 5.82 Å². The highest BCUT2D eigenvalue weighted by Gasteiger charge is 2.09. The van der Waals surface area contributed by atoms with E-state index in [1.54, 1.807) is 10.7 Å². The first-order valence-electron chi connectivity index (χ1n) is 8.87. The topological polar surface area (TPSA) is 81.8 Å². The van der Waals surface area contributed by atoms with Gasteiger partial charge < -0.3 is 5.32 Å². The predicted octanol–water partition coefficient (Wildman–Crippen LogP) is 1.71. The van der Waals surface area contributed by atoms with Gasteiger partial charge >= 0.3 is 0 Å². The number of hydrogen-bond donors (Lipinski definition) is 1. The quantitative estimate of drug-likeness (QED) is 0.721. The zero-order valence-electron chi connectivity index (χ0n) is 15.8. The molecule has 0 saturated carbocycles. The van der Waals surface area contributed by atoms with Crippen LogP contribution in [0, 0.1) is 20.8 Å². The number of nitrogens with one attached hydrogen (secondary N) is 1. The summed E-state index contributed by atoms with van der Waals surface area (Å²) in [6.07, 6.45) is 0.320. The molecule has 0 saturated heterocycles. The van der Waals surface area contributed by atoms with Crippen molar-refractivity contribution < 1.29 is 4.79 Å². The average Bonchev–Trinajstić information content (AvgIpc) is 2.97. The summed E-state index contributed by atoms with van der Waals surface area (Å²) in [4.78, 5) is 24.2. The number of carbonyl (C=O) groups is 1. The van der Waals surface area contributed by atoms with Gasteiger partial charge in [0.15, 0.2) is 5.82 Å². The number of hydrogen-bond acceptors (Lipinski definition) is 4. The summed E-state index contributed by atoms with van der Waals surface area (Å²) in [6.45, 7) is 6.45. The Balaban J connectivity index is 1.63. The van der Waals surface area contributed by atoms with Crippen LogP contribution >= 0.6 is 0 Å². The summed E-state index contributed by atoms with van der Waals surface area (Å²) in [7, 11) is 0. The van der Waals surface area contributed by atoms with E-state index in [9.17, 15) is 9.59 Å². The largest absolute Gasteiger partial charge is 0.354 e. The lowest BCUT2D eigenvalue weighted by molar-refractivity contribution is -0.120. The molecule has 0 aliphatic carbocycles. The van der Waals surface area contributed by atoms with E-state index in [0.717, 1.165) is 22.5 Å². The van der Waals surface area contributed by atoms with E-state index in [2.05, 4.69) is 15.5 Å². The van der Waals surface area contributed by atoms with Crippen molar-refractivity contribution in [2.75, 3.05) is 6.54 Å². The molecule has 0 radical (unpaired) electrons. The van der Waals surface area contributed by atoms with Gasteiger partial charge in [-0.2, -0.15) is 5.10 Å². The number of benzene rings is 1. The van der Waals surface area contributed by atoms with E-state index in [4.69, 9.17) is 0 Å². The summed E-state index contributed by atoms with van der Waals surface area (Å²) in [5.41, 5.74) is 3.70. The van der Waals surface area contributed by atoms with Gasteiger partial charge in [-0.3, -0.25) is 9.59 Å². The molecule has 3 aromatic rings. The molecule has 1 N–H and O–H groups in total. The molecule has 0 aliphatic heterocycles. The van der Waals surface area contributed by atoms with Crippen molar-refractivity contribution in [3.63, 3.8) is 0 Å². The molecule has 0 unspecified atom stereocenters. The molecule has 7 nitrogen and oxygen atoms in total.